The molecule has 0 unspecified atom stereocenters. The summed E-state index contributed by atoms with van der Waals surface area (Å²) in [5.74, 6) is 0.894. The molecule has 1 atom stereocenters. The van der Waals surface area contributed by atoms with Gasteiger partial charge in [-0.15, -0.1) is 5.10 Å². The molecule has 0 aliphatic carbocycles. The molecule has 5 nitrogen and oxygen atoms in total. The van der Waals surface area contributed by atoms with Gasteiger partial charge in [0.15, 0.2) is 0 Å². The minimum absolute atomic E-state index is 0.248. The molecule has 0 bridgehead atoms. The normalized spacial score (nSPS) is 12.6. The minimum atomic E-state index is 0.248. The molecule has 108 valence electrons. The molecule has 2 rings (SSSR count). The number of hydrogen-bond acceptors (Lipinski definition) is 4. The Kier molecular flexibility index (Phi) is 5.70. The second kappa shape index (κ2) is 7.52. The number of nitrogens with one attached hydrogen (secondary N) is 1. The van der Waals surface area contributed by atoms with Crippen LogP contribution in [-0.4, -0.2) is 34.5 Å². The van der Waals surface area contributed by atoms with Crippen molar-refractivity contribution in [1.29, 1.82) is 0 Å². The zero-order chi connectivity index (χ0) is 14.4. The average molecular weight is 339 g/mol. The minimum Gasteiger partial charge on any atom is -0.383 e. The van der Waals surface area contributed by atoms with Crippen LogP contribution in [0.4, 0.5) is 0 Å². The lowest BCUT2D eigenvalue weighted by Gasteiger charge is -2.17. The van der Waals surface area contributed by atoms with Crippen molar-refractivity contribution in [2.75, 3.05) is 13.7 Å². The first-order valence-corrected chi connectivity index (χ1v) is 7.30. The molecule has 0 amide bonds. The average Bonchev–Trinajstić information content (AvgIpc) is 2.76. The highest BCUT2D eigenvalue weighted by Gasteiger charge is 2.11. The highest BCUT2D eigenvalue weighted by molar-refractivity contribution is 9.10. The van der Waals surface area contributed by atoms with Crippen LogP contribution >= 0.6 is 15.9 Å². The van der Waals surface area contributed by atoms with Gasteiger partial charge in [0.25, 0.3) is 0 Å². The molecule has 0 fully saturated rings. The largest absolute Gasteiger partial charge is 0.383 e. The Balaban J connectivity index is 1.94. The van der Waals surface area contributed by atoms with Crippen LogP contribution in [0.3, 0.4) is 0 Å². The van der Waals surface area contributed by atoms with Gasteiger partial charge in [-0.25, -0.2) is 4.98 Å². The number of benzene rings is 1. The van der Waals surface area contributed by atoms with Crippen molar-refractivity contribution in [3.05, 3.63) is 46.5 Å². The van der Waals surface area contributed by atoms with Crippen molar-refractivity contribution in [2.45, 2.75) is 19.0 Å². The molecular weight excluding hydrogens is 320 g/mol. The molecule has 0 aliphatic rings. The lowest BCUT2D eigenvalue weighted by molar-refractivity contribution is 0.165. The fraction of sp³-hybridized carbons (Fsp3) is 0.429. The van der Waals surface area contributed by atoms with Crippen LogP contribution in [0, 0.1) is 0 Å². The van der Waals surface area contributed by atoms with Crippen molar-refractivity contribution in [2.24, 2.45) is 7.05 Å². The first-order valence-electron chi connectivity index (χ1n) is 6.50. The molecule has 1 aromatic heterocycles. The Morgan fingerprint density at radius 2 is 2.10 bits per heavy atom. The van der Waals surface area contributed by atoms with Crippen LogP contribution in [0.5, 0.6) is 0 Å². The fourth-order valence-corrected chi connectivity index (χ4v) is 2.50. The number of aryl methyl sites for hydroxylation is 1. The number of hydrogen-bond donors (Lipinski definition) is 1. The van der Waals surface area contributed by atoms with Crippen LogP contribution < -0.4 is 5.32 Å². The number of nitrogens with zero attached hydrogens (tertiary/aromatic N) is 3. The predicted octanol–water partition coefficient (Wildman–Crippen LogP) is 1.92. The van der Waals surface area contributed by atoms with Gasteiger partial charge >= 0.3 is 0 Å². The zero-order valence-corrected chi connectivity index (χ0v) is 13.3. The molecular formula is C14H19BrN4O. The highest BCUT2D eigenvalue weighted by atomic mass is 79.9. The summed E-state index contributed by atoms with van der Waals surface area (Å²) in [6.07, 6.45) is 0.924. The van der Waals surface area contributed by atoms with Gasteiger partial charge in [0.2, 0.25) is 4.73 Å². The van der Waals surface area contributed by atoms with Gasteiger partial charge in [-0.2, -0.15) is 0 Å². The fourth-order valence-electron chi connectivity index (χ4n) is 2.06. The maximum absolute atomic E-state index is 5.29. The van der Waals surface area contributed by atoms with E-state index in [9.17, 15) is 0 Å². The third-order valence-corrected chi connectivity index (χ3v) is 3.40. The maximum Gasteiger partial charge on any atom is 0.217 e. The maximum atomic E-state index is 5.29. The Morgan fingerprint density at radius 3 is 2.70 bits per heavy atom. The van der Waals surface area contributed by atoms with E-state index < -0.39 is 0 Å². The second-order valence-electron chi connectivity index (χ2n) is 4.64. The van der Waals surface area contributed by atoms with E-state index in [0.717, 1.165) is 12.2 Å². The second-order valence-corrected chi connectivity index (χ2v) is 5.35. The third-order valence-electron chi connectivity index (χ3n) is 3.07. The lowest BCUT2D eigenvalue weighted by Crippen LogP contribution is -2.35. The smallest absolute Gasteiger partial charge is 0.217 e. The van der Waals surface area contributed by atoms with Gasteiger partial charge in [-0.1, -0.05) is 30.3 Å². The summed E-state index contributed by atoms with van der Waals surface area (Å²) in [6.45, 7) is 1.32. The van der Waals surface area contributed by atoms with E-state index in [0.29, 0.717) is 17.9 Å². The summed E-state index contributed by atoms with van der Waals surface area (Å²) in [5.41, 5.74) is 1.29. The van der Waals surface area contributed by atoms with Crippen LogP contribution in [0.25, 0.3) is 0 Å². The topological polar surface area (TPSA) is 52.0 Å². The Morgan fingerprint density at radius 1 is 1.35 bits per heavy atom. The molecule has 0 spiro atoms. The van der Waals surface area contributed by atoms with Crippen LogP contribution in [-0.2, 0) is 24.8 Å². The van der Waals surface area contributed by atoms with E-state index in [1.54, 1.807) is 11.8 Å². The van der Waals surface area contributed by atoms with Gasteiger partial charge in [0, 0.05) is 20.2 Å². The molecule has 0 saturated heterocycles. The highest BCUT2D eigenvalue weighted by Crippen LogP contribution is 2.06. The summed E-state index contributed by atoms with van der Waals surface area (Å²) < 4.78 is 7.67. The lowest BCUT2D eigenvalue weighted by atomic mass is 10.1. The van der Waals surface area contributed by atoms with E-state index in [1.165, 1.54) is 5.56 Å². The molecule has 0 radical (unpaired) electrons. The molecule has 1 N–H and O–H groups in total. The van der Waals surface area contributed by atoms with Crippen molar-refractivity contribution >= 4 is 15.9 Å². The Labute approximate surface area is 127 Å². The van der Waals surface area contributed by atoms with E-state index in [1.807, 2.05) is 13.1 Å². The van der Waals surface area contributed by atoms with E-state index >= 15 is 0 Å². The van der Waals surface area contributed by atoms with Crippen molar-refractivity contribution in [3.63, 3.8) is 0 Å². The molecule has 1 heterocycles. The number of rotatable bonds is 7. The van der Waals surface area contributed by atoms with Crippen LogP contribution in [0.1, 0.15) is 11.4 Å². The number of aromatic nitrogens is 3. The standard InChI is InChI=1S/C14H19BrN4O/c1-19-13(17-14(15)18-19)9-16-12(10-20-2)8-11-6-4-3-5-7-11/h3-7,12,16H,8-10H2,1-2H3/t12-/m1/s1. The molecule has 0 saturated carbocycles. The first kappa shape index (κ1) is 15.2. The van der Waals surface area contributed by atoms with E-state index in [-0.39, 0.29) is 6.04 Å². The summed E-state index contributed by atoms with van der Waals surface area (Å²) in [6, 6.07) is 10.6. The SMILES string of the molecule is COC[C@@H](Cc1ccccc1)NCc1nc(Br)nn1C. The van der Waals surface area contributed by atoms with Crippen molar-refractivity contribution in [3.8, 4) is 0 Å². The predicted molar refractivity (Wildman–Crippen MR) is 81.4 cm³/mol. The summed E-state index contributed by atoms with van der Waals surface area (Å²) in [4.78, 5) is 4.31. The van der Waals surface area contributed by atoms with Gasteiger partial charge in [0.05, 0.1) is 13.2 Å². The Hall–Kier alpha value is -1.24. The van der Waals surface area contributed by atoms with Gasteiger partial charge < -0.3 is 10.1 Å². The summed E-state index contributed by atoms with van der Waals surface area (Å²) in [7, 11) is 3.61. The van der Waals surface area contributed by atoms with Crippen LogP contribution in [0.2, 0.25) is 0 Å². The molecule has 0 aliphatic heterocycles. The third kappa shape index (κ3) is 4.40. The number of ether oxygens (including phenoxy) is 1. The zero-order valence-electron chi connectivity index (χ0n) is 11.7. The molecule has 1 aromatic carbocycles. The van der Waals surface area contributed by atoms with Gasteiger partial charge in [-0.3, -0.25) is 4.68 Å². The summed E-state index contributed by atoms with van der Waals surface area (Å²) >= 11 is 3.28. The van der Waals surface area contributed by atoms with Crippen molar-refractivity contribution < 1.29 is 4.74 Å². The van der Waals surface area contributed by atoms with Gasteiger partial charge in [-0.05, 0) is 27.9 Å². The van der Waals surface area contributed by atoms with E-state index in [4.69, 9.17) is 4.74 Å². The number of halogens is 1. The quantitative estimate of drug-likeness (QED) is 0.838. The molecule has 2 aromatic rings. The molecule has 6 heteroatoms. The first-order chi connectivity index (χ1) is 9.69. The monoisotopic (exact) mass is 338 g/mol. The molecule has 20 heavy (non-hydrogen) atoms. The Bertz CT molecular complexity index is 529. The van der Waals surface area contributed by atoms with E-state index in [2.05, 4.69) is 55.6 Å². The number of methoxy groups -OCH3 is 1. The van der Waals surface area contributed by atoms with Crippen LogP contribution in [0.15, 0.2) is 35.1 Å². The van der Waals surface area contributed by atoms with Gasteiger partial charge in [0.1, 0.15) is 5.82 Å². The summed E-state index contributed by atoms with van der Waals surface area (Å²) in [5, 5.41) is 7.64. The van der Waals surface area contributed by atoms with Crippen molar-refractivity contribution in [1.82, 2.24) is 20.1 Å².